The van der Waals surface area contributed by atoms with E-state index in [0.717, 1.165) is 19.7 Å². The van der Waals surface area contributed by atoms with Crippen LogP contribution in [0.4, 0.5) is 0 Å². The number of fused-ring (bicyclic) bond motifs is 1. The molecular weight excluding hydrogens is 238 g/mol. The van der Waals surface area contributed by atoms with Crippen LogP contribution >= 0.6 is 27.3 Å². The van der Waals surface area contributed by atoms with E-state index in [1.54, 1.807) is 11.3 Å². The Morgan fingerprint density at radius 3 is 3.08 bits per heavy atom. The molecule has 2 aromatic rings. The van der Waals surface area contributed by atoms with E-state index >= 15 is 0 Å². The van der Waals surface area contributed by atoms with Crippen LogP contribution < -0.4 is 0 Å². The molecule has 0 unspecified atom stereocenters. The molecule has 4 heteroatoms. The van der Waals surface area contributed by atoms with Gasteiger partial charge in [0.1, 0.15) is 0 Å². The third-order valence-electron chi connectivity index (χ3n) is 1.64. The quantitative estimate of drug-likeness (QED) is 0.836. The molecule has 0 spiro atoms. The number of aromatic nitrogens is 1. The van der Waals surface area contributed by atoms with Crippen molar-refractivity contribution in [3.63, 3.8) is 0 Å². The number of nitrogens with zero attached hydrogens (tertiary/aromatic N) is 1. The number of thiazole rings is 1. The van der Waals surface area contributed by atoms with Crippen molar-refractivity contribution in [3.8, 4) is 0 Å². The fraction of sp³-hybridized carbons (Fsp3) is 0.125. The van der Waals surface area contributed by atoms with Gasteiger partial charge in [0, 0.05) is 0 Å². The number of halogens is 1. The van der Waals surface area contributed by atoms with Gasteiger partial charge in [-0.15, -0.1) is 11.3 Å². The number of aliphatic hydroxyl groups is 1. The first kappa shape index (κ1) is 8.16. The zero-order valence-electron chi connectivity index (χ0n) is 6.12. The molecule has 1 heterocycles. The van der Waals surface area contributed by atoms with Gasteiger partial charge in [0.2, 0.25) is 0 Å². The van der Waals surface area contributed by atoms with Gasteiger partial charge in [-0.3, -0.25) is 0 Å². The molecule has 1 aromatic carbocycles. The van der Waals surface area contributed by atoms with Crippen molar-refractivity contribution < 1.29 is 5.11 Å². The number of aliphatic hydroxyl groups excluding tert-OH is 1. The number of hydrogen-bond donors (Lipinski definition) is 1. The lowest BCUT2D eigenvalue weighted by Gasteiger charge is -1.94. The smallest absolute Gasteiger partial charge is 0.160 e. The van der Waals surface area contributed by atoms with Crippen molar-refractivity contribution in [2.24, 2.45) is 0 Å². The Balaban J connectivity index is 2.78. The fourth-order valence-corrected chi connectivity index (χ4v) is 2.57. The first-order chi connectivity index (χ1) is 5.81. The highest BCUT2D eigenvalue weighted by molar-refractivity contribution is 9.11. The largest absolute Gasteiger partial charge is 0.392 e. The minimum absolute atomic E-state index is 0.0754. The minimum atomic E-state index is 0.0754. The lowest BCUT2D eigenvalue weighted by Crippen LogP contribution is -1.81. The molecule has 2 nitrogen and oxygen atoms in total. The van der Waals surface area contributed by atoms with Crippen molar-refractivity contribution in [1.82, 2.24) is 4.98 Å². The van der Waals surface area contributed by atoms with Gasteiger partial charge in [-0.2, -0.15) is 0 Å². The standard InChI is InChI=1S/C8H6BrNOS/c9-8-10-6-3-1-2-5(4-11)7(6)12-8/h1-3,11H,4H2. The summed E-state index contributed by atoms with van der Waals surface area (Å²) in [6.45, 7) is 0.0754. The molecular formula is C8H6BrNOS. The van der Waals surface area contributed by atoms with Crippen molar-refractivity contribution in [2.75, 3.05) is 0 Å². The molecule has 0 bridgehead atoms. The number of rotatable bonds is 1. The van der Waals surface area contributed by atoms with E-state index in [0.29, 0.717) is 0 Å². The zero-order chi connectivity index (χ0) is 8.55. The van der Waals surface area contributed by atoms with Crippen LogP contribution in [-0.2, 0) is 6.61 Å². The van der Waals surface area contributed by atoms with Gasteiger partial charge in [-0.05, 0) is 27.6 Å². The van der Waals surface area contributed by atoms with Gasteiger partial charge < -0.3 is 5.11 Å². The van der Waals surface area contributed by atoms with Crippen molar-refractivity contribution in [1.29, 1.82) is 0 Å². The van der Waals surface area contributed by atoms with Crippen molar-refractivity contribution in [2.45, 2.75) is 6.61 Å². The molecule has 0 amide bonds. The first-order valence-electron chi connectivity index (χ1n) is 3.46. The second-order valence-corrected chi connectivity index (χ2v) is 4.67. The lowest BCUT2D eigenvalue weighted by atomic mass is 10.2. The third kappa shape index (κ3) is 1.26. The van der Waals surface area contributed by atoms with Crippen LogP contribution in [0.15, 0.2) is 22.1 Å². The molecule has 0 aliphatic rings. The van der Waals surface area contributed by atoms with Crippen molar-refractivity contribution >= 4 is 37.5 Å². The Hall–Kier alpha value is -0.450. The molecule has 0 saturated heterocycles. The maximum absolute atomic E-state index is 9.01. The molecule has 1 N–H and O–H groups in total. The van der Waals surface area contributed by atoms with Crippen LogP contribution in [0, 0.1) is 0 Å². The van der Waals surface area contributed by atoms with E-state index < -0.39 is 0 Å². The van der Waals surface area contributed by atoms with Gasteiger partial charge in [-0.1, -0.05) is 12.1 Å². The second kappa shape index (κ2) is 3.12. The average Bonchev–Trinajstić information content (AvgIpc) is 2.44. The molecule has 12 heavy (non-hydrogen) atoms. The van der Waals surface area contributed by atoms with Gasteiger partial charge in [-0.25, -0.2) is 4.98 Å². The Bertz CT molecular complexity index is 412. The van der Waals surface area contributed by atoms with Crippen LogP contribution in [-0.4, -0.2) is 10.1 Å². The predicted octanol–water partition coefficient (Wildman–Crippen LogP) is 2.55. The third-order valence-corrected chi connectivity index (χ3v) is 3.24. The van der Waals surface area contributed by atoms with E-state index in [4.69, 9.17) is 5.11 Å². The summed E-state index contributed by atoms with van der Waals surface area (Å²) in [7, 11) is 0. The van der Waals surface area contributed by atoms with Crippen molar-refractivity contribution in [3.05, 3.63) is 27.7 Å². The van der Waals surface area contributed by atoms with E-state index in [1.165, 1.54) is 0 Å². The summed E-state index contributed by atoms with van der Waals surface area (Å²) in [5.41, 5.74) is 1.88. The van der Waals surface area contributed by atoms with Crippen LogP contribution in [0.2, 0.25) is 0 Å². The Kier molecular flexibility index (Phi) is 2.12. The predicted molar refractivity (Wildman–Crippen MR) is 53.2 cm³/mol. The van der Waals surface area contributed by atoms with Gasteiger partial charge >= 0.3 is 0 Å². The molecule has 1 aromatic heterocycles. The fourth-order valence-electron chi connectivity index (χ4n) is 1.10. The highest BCUT2D eigenvalue weighted by Crippen LogP contribution is 2.28. The maximum Gasteiger partial charge on any atom is 0.160 e. The van der Waals surface area contributed by atoms with Crippen LogP contribution in [0.3, 0.4) is 0 Å². The van der Waals surface area contributed by atoms with E-state index in [2.05, 4.69) is 20.9 Å². The van der Waals surface area contributed by atoms with Gasteiger partial charge in [0.15, 0.2) is 3.92 Å². The second-order valence-electron chi connectivity index (χ2n) is 2.39. The number of benzene rings is 1. The monoisotopic (exact) mass is 243 g/mol. The molecule has 2 rings (SSSR count). The molecule has 0 atom stereocenters. The summed E-state index contributed by atoms with van der Waals surface area (Å²) in [4.78, 5) is 4.25. The summed E-state index contributed by atoms with van der Waals surface area (Å²) in [6.07, 6.45) is 0. The minimum Gasteiger partial charge on any atom is -0.392 e. The highest BCUT2D eigenvalue weighted by atomic mass is 79.9. The van der Waals surface area contributed by atoms with E-state index in [9.17, 15) is 0 Å². The van der Waals surface area contributed by atoms with E-state index in [1.807, 2.05) is 18.2 Å². The van der Waals surface area contributed by atoms with E-state index in [-0.39, 0.29) is 6.61 Å². The SMILES string of the molecule is OCc1cccc2nc(Br)sc12. The Morgan fingerprint density at radius 1 is 1.50 bits per heavy atom. The maximum atomic E-state index is 9.01. The molecule has 0 aliphatic carbocycles. The van der Waals surface area contributed by atoms with Crippen LogP contribution in [0.1, 0.15) is 5.56 Å². The summed E-state index contributed by atoms with van der Waals surface area (Å²) in [5.74, 6) is 0. The molecule has 0 aliphatic heterocycles. The molecule has 0 radical (unpaired) electrons. The van der Waals surface area contributed by atoms with Crippen LogP contribution in [0.5, 0.6) is 0 Å². The normalized spacial score (nSPS) is 10.8. The topological polar surface area (TPSA) is 33.1 Å². The summed E-state index contributed by atoms with van der Waals surface area (Å²) in [6, 6.07) is 5.75. The van der Waals surface area contributed by atoms with Gasteiger partial charge in [0.05, 0.1) is 16.8 Å². The van der Waals surface area contributed by atoms with Crippen LogP contribution in [0.25, 0.3) is 10.2 Å². The van der Waals surface area contributed by atoms with Gasteiger partial charge in [0.25, 0.3) is 0 Å². The Morgan fingerprint density at radius 2 is 2.33 bits per heavy atom. The molecule has 0 saturated carbocycles. The summed E-state index contributed by atoms with van der Waals surface area (Å²) in [5, 5.41) is 9.01. The zero-order valence-corrected chi connectivity index (χ0v) is 8.52. The summed E-state index contributed by atoms with van der Waals surface area (Å²) < 4.78 is 1.92. The molecule has 62 valence electrons. The average molecular weight is 244 g/mol. The lowest BCUT2D eigenvalue weighted by molar-refractivity contribution is 0.283. The Labute approximate surface area is 82.0 Å². The highest BCUT2D eigenvalue weighted by Gasteiger charge is 2.04. The number of hydrogen-bond acceptors (Lipinski definition) is 3. The first-order valence-corrected chi connectivity index (χ1v) is 5.07. The summed E-state index contributed by atoms with van der Waals surface area (Å²) >= 11 is 4.86. The molecule has 0 fully saturated rings.